The summed E-state index contributed by atoms with van der Waals surface area (Å²) in [5, 5.41) is 9.56. The van der Waals surface area contributed by atoms with Crippen LogP contribution in [0.3, 0.4) is 0 Å². The maximum Gasteiger partial charge on any atom is 0.371 e. The molecule has 1 unspecified atom stereocenters. The molecule has 0 amide bonds. The summed E-state index contributed by atoms with van der Waals surface area (Å²) >= 11 is 0. The van der Waals surface area contributed by atoms with Crippen LogP contribution < -0.4 is 0 Å². The standard InChI is InChI=1S/C16H19NO4.ClH/c1-4-10(9-17(2)3)15(18)11-5-6-13-12(7-11)8-14(21-13)16(19)20;/h5-8,10H,4,9H2,1-3H3,(H,19,20);1H. The molecule has 2 rings (SSSR count). The molecule has 120 valence electrons. The van der Waals surface area contributed by atoms with Gasteiger partial charge in [-0.1, -0.05) is 6.92 Å². The van der Waals surface area contributed by atoms with E-state index in [9.17, 15) is 9.59 Å². The monoisotopic (exact) mass is 325 g/mol. The van der Waals surface area contributed by atoms with Crippen molar-refractivity contribution in [2.45, 2.75) is 13.3 Å². The first-order valence-electron chi connectivity index (χ1n) is 6.88. The van der Waals surface area contributed by atoms with Crippen molar-refractivity contribution in [1.29, 1.82) is 0 Å². The van der Waals surface area contributed by atoms with Crippen molar-refractivity contribution >= 4 is 35.1 Å². The van der Waals surface area contributed by atoms with E-state index in [2.05, 4.69) is 0 Å². The number of hydrogen-bond donors (Lipinski definition) is 1. The first kappa shape index (κ1) is 18.2. The average Bonchev–Trinajstić information content (AvgIpc) is 2.86. The minimum absolute atomic E-state index is 0. The molecule has 1 aromatic heterocycles. The van der Waals surface area contributed by atoms with Crippen molar-refractivity contribution in [2.24, 2.45) is 5.92 Å². The Balaban J connectivity index is 0.00000242. The van der Waals surface area contributed by atoms with E-state index in [1.54, 1.807) is 18.2 Å². The molecule has 0 spiro atoms. The summed E-state index contributed by atoms with van der Waals surface area (Å²) in [6, 6.07) is 6.49. The van der Waals surface area contributed by atoms with Crippen LogP contribution in [0.1, 0.15) is 34.3 Å². The SMILES string of the molecule is CCC(CN(C)C)C(=O)c1ccc2oc(C(=O)O)cc2c1.Cl. The topological polar surface area (TPSA) is 70.8 Å². The minimum atomic E-state index is -1.11. The van der Waals surface area contributed by atoms with Crippen molar-refractivity contribution in [3.63, 3.8) is 0 Å². The highest BCUT2D eigenvalue weighted by Gasteiger charge is 2.20. The van der Waals surface area contributed by atoms with Crippen molar-refractivity contribution in [3.05, 3.63) is 35.6 Å². The highest BCUT2D eigenvalue weighted by atomic mass is 35.5. The Bertz CT molecular complexity index is 678. The Morgan fingerprint density at radius 3 is 2.50 bits per heavy atom. The van der Waals surface area contributed by atoms with Crippen molar-refractivity contribution in [2.75, 3.05) is 20.6 Å². The van der Waals surface area contributed by atoms with Crippen LogP contribution in [0.5, 0.6) is 0 Å². The molecule has 1 aromatic carbocycles. The summed E-state index contributed by atoms with van der Waals surface area (Å²) in [4.78, 5) is 25.4. The van der Waals surface area contributed by atoms with E-state index in [4.69, 9.17) is 9.52 Å². The average molecular weight is 326 g/mol. The summed E-state index contributed by atoms with van der Waals surface area (Å²) < 4.78 is 5.20. The number of benzene rings is 1. The fourth-order valence-electron chi connectivity index (χ4n) is 2.38. The molecule has 0 radical (unpaired) electrons. The number of carbonyl (C=O) groups excluding carboxylic acids is 1. The molecule has 0 saturated heterocycles. The minimum Gasteiger partial charge on any atom is -0.475 e. The number of hydrogen-bond acceptors (Lipinski definition) is 4. The first-order chi connectivity index (χ1) is 9.92. The third-order valence-corrected chi connectivity index (χ3v) is 3.46. The predicted octanol–water partition coefficient (Wildman–Crippen LogP) is 3.32. The zero-order chi connectivity index (χ0) is 15.6. The van der Waals surface area contributed by atoms with E-state index in [1.807, 2.05) is 25.9 Å². The Labute approximate surface area is 135 Å². The van der Waals surface area contributed by atoms with Gasteiger partial charge in [0.25, 0.3) is 0 Å². The summed E-state index contributed by atoms with van der Waals surface area (Å²) in [7, 11) is 3.88. The number of nitrogens with zero attached hydrogens (tertiary/aromatic N) is 1. The van der Waals surface area contributed by atoms with Gasteiger partial charge < -0.3 is 14.4 Å². The van der Waals surface area contributed by atoms with E-state index in [1.165, 1.54) is 6.07 Å². The second-order valence-electron chi connectivity index (χ2n) is 5.40. The van der Waals surface area contributed by atoms with E-state index in [0.29, 0.717) is 23.1 Å². The maximum absolute atomic E-state index is 12.5. The van der Waals surface area contributed by atoms with Crippen LogP contribution in [-0.2, 0) is 0 Å². The van der Waals surface area contributed by atoms with E-state index >= 15 is 0 Å². The Morgan fingerprint density at radius 2 is 1.95 bits per heavy atom. The van der Waals surface area contributed by atoms with Gasteiger partial charge in [-0.2, -0.15) is 0 Å². The van der Waals surface area contributed by atoms with Gasteiger partial charge in [-0.25, -0.2) is 4.79 Å². The smallest absolute Gasteiger partial charge is 0.371 e. The molecule has 1 N–H and O–H groups in total. The van der Waals surface area contributed by atoms with Gasteiger partial charge in [0.2, 0.25) is 5.76 Å². The largest absolute Gasteiger partial charge is 0.475 e. The lowest BCUT2D eigenvalue weighted by Crippen LogP contribution is -2.27. The second kappa shape index (κ2) is 7.42. The lowest BCUT2D eigenvalue weighted by molar-refractivity contribution is 0.0664. The molecule has 2 aromatic rings. The Morgan fingerprint density at radius 1 is 1.27 bits per heavy atom. The van der Waals surface area contributed by atoms with Crippen molar-refractivity contribution in [3.8, 4) is 0 Å². The number of fused-ring (bicyclic) bond motifs is 1. The molecule has 0 fully saturated rings. The van der Waals surface area contributed by atoms with Gasteiger partial charge in [-0.3, -0.25) is 4.79 Å². The Kier molecular flexibility index (Phi) is 6.14. The van der Waals surface area contributed by atoms with E-state index in [-0.39, 0.29) is 29.9 Å². The van der Waals surface area contributed by atoms with E-state index < -0.39 is 5.97 Å². The van der Waals surface area contributed by atoms with Crippen LogP contribution in [0.25, 0.3) is 11.0 Å². The number of carbonyl (C=O) groups is 2. The number of carboxylic acid groups (broad SMARTS) is 1. The first-order valence-corrected chi connectivity index (χ1v) is 6.88. The van der Waals surface area contributed by atoms with Crippen LogP contribution in [0, 0.1) is 5.92 Å². The predicted molar refractivity (Wildman–Crippen MR) is 87.1 cm³/mol. The molecule has 22 heavy (non-hydrogen) atoms. The molecule has 0 aliphatic heterocycles. The normalized spacial score (nSPS) is 12.2. The number of furan rings is 1. The van der Waals surface area contributed by atoms with Crippen LogP contribution in [0.4, 0.5) is 0 Å². The number of Topliss-reactive ketones (excluding diaryl/α,β-unsaturated/α-hetero) is 1. The summed E-state index contributed by atoms with van der Waals surface area (Å²) in [5.74, 6) is -1.22. The summed E-state index contributed by atoms with van der Waals surface area (Å²) in [6.45, 7) is 2.68. The van der Waals surface area contributed by atoms with Gasteiger partial charge in [0, 0.05) is 23.4 Å². The number of aromatic carboxylic acids is 1. The molecule has 6 heteroatoms. The van der Waals surface area contributed by atoms with Gasteiger partial charge in [0.15, 0.2) is 5.78 Å². The molecular weight excluding hydrogens is 306 g/mol. The number of halogens is 1. The molecule has 1 atom stereocenters. The highest BCUT2D eigenvalue weighted by Crippen LogP contribution is 2.23. The molecular formula is C16H20ClNO4. The maximum atomic E-state index is 12.5. The lowest BCUT2D eigenvalue weighted by Gasteiger charge is -2.18. The summed E-state index contributed by atoms with van der Waals surface area (Å²) in [6.07, 6.45) is 0.765. The van der Waals surface area contributed by atoms with Crippen molar-refractivity contribution in [1.82, 2.24) is 4.90 Å². The number of ketones is 1. The van der Waals surface area contributed by atoms with Gasteiger partial charge in [0.1, 0.15) is 5.58 Å². The number of rotatable bonds is 6. The van der Waals surface area contributed by atoms with Gasteiger partial charge >= 0.3 is 5.97 Å². The van der Waals surface area contributed by atoms with Crippen LogP contribution in [-0.4, -0.2) is 42.4 Å². The van der Waals surface area contributed by atoms with Crippen LogP contribution in [0.2, 0.25) is 0 Å². The molecule has 0 saturated carbocycles. The number of carboxylic acids is 1. The third-order valence-electron chi connectivity index (χ3n) is 3.46. The summed E-state index contributed by atoms with van der Waals surface area (Å²) in [5.41, 5.74) is 1.07. The Hall–Kier alpha value is -1.85. The van der Waals surface area contributed by atoms with Gasteiger partial charge in [-0.05, 0) is 44.8 Å². The lowest BCUT2D eigenvalue weighted by atomic mass is 9.94. The highest BCUT2D eigenvalue weighted by molar-refractivity contribution is 6.01. The fourth-order valence-corrected chi connectivity index (χ4v) is 2.38. The fraction of sp³-hybridized carbons (Fsp3) is 0.375. The zero-order valence-electron chi connectivity index (χ0n) is 12.8. The molecule has 5 nitrogen and oxygen atoms in total. The second-order valence-corrected chi connectivity index (χ2v) is 5.40. The molecule has 1 heterocycles. The quantitative estimate of drug-likeness (QED) is 0.825. The zero-order valence-corrected chi connectivity index (χ0v) is 13.6. The third kappa shape index (κ3) is 3.87. The van der Waals surface area contributed by atoms with Crippen molar-refractivity contribution < 1.29 is 19.1 Å². The molecule has 0 bridgehead atoms. The van der Waals surface area contributed by atoms with Crippen LogP contribution in [0.15, 0.2) is 28.7 Å². The molecule has 0 aliphatic rings. The van der Waals surface area contributed by atoms with Gasteiger partial charge in [-0.15, -0.1) is 12.4 Å². The van der Waals surface area contributed by atoms with Gasteiger partial charge in [0.05, 0.1) is 0 Å². The van der Waals surface area contributed by atoms with E-state index in [0.717, 1.165) is 6.42 Å². The molecule has 0 aliphatic carbocycles. The van der Waals surface area contributed by atoms with Crippen LogP contribution >= 0.6 is 12.4 Å².